The summed E-state index contributed by atoms with van der Waals surface area (Å²) in [5, 5.41) is 12.8. The SMILES string of the molecule is C=C/C=C\C=C/n1c2ccccc2c2cc(-c3ccc4[nH]c5c(C(=C)NC6C=CC=CN6)c6oc7c(c6cc5c4c3)C=CCC7)ccc21. The zero-order valence-electron chi connectivity index (χ0n) is 26.5. The highest BCUT2D eigenvalue weighted by molar-refractivity contribution is 6.18. The van der Waals surface area contributed by atoms with Crippen molar-refractivity contribution in [3.63, 3.8) is 0 Å². The second-order valence-corrected chi connectivity index (χ2v) is 12.4. The van der Waals surface area contributed by atoms with Crippen molar-refractivity contribution in [1.29, 1.82) is 0 Å². The van der Waals surface area contributed by atoms with Gasteiger partial charge in [-0.2, -0.15) is 0 Å². The Morgan fingerprint density at radius 2 is 1.73 bits per heavy atom. The van der Waals surface area contributed by atoms with E-state index in [2.05, 4.69) is 125 Å². The number of H-pyrrole nitrogens is 1. The van der Waals surface area contributed by atoms with Crippen LogP contribution in [-0.2, 0) is 6.42 Å². The third-order valence-electron chi connectivity index (χ3n) is 9.54. The Kier molecular flexibility index (Phi) is 6.57. The van der Waals surface area contributed by atoms with E-state index in [1.54, 1.807) is 6.08 Å². The number of aromatic amines is 1. The molecule has 0 amide bonds. The van der Waals surface area contributed by atoms with Gasteiger partial charge in [0.25, 0.3) is 0 Å². The zero-order valence-corrected chi connectivity index (χ0v) is 26.5. The van der Waals surface area contributed by atoms with Crippen LogP contribution in [0.5, 0.6) is 0 Å². The maximum atomic E-state index is 6.60. The molecule has 4 heterocycles. The molecule has 4 aromatic carbocycles. The highest BCUT2D eigenvalue weighted by Gasteiger charge is 2.24. The zero-order chi connectivity index (χ0) is 32.2. The Bertz CT molecular complexity index is 2610. The van der Waals surface area contributed by atoms with Crippen LogP contribution < -0.4 is 10.6 Å². The van der Waals surface area contributed by atoms with Crippen LogP contribution in [0.2, 0.25) is 0 Å². The number of allylic oxidation sites excluding steroid dienone is 7. The minimum absolute atomic E-state index is 0.0618. The average Bonchev–Trinajstić information content (AvgIpc) is 3.78. The van der Waals surface area contributed by atoms with Gasteiger partial charge in [0.2, 0.25) is 0 Å². The van der Waals surface area contributed by atoms with E-state index in [4.69, 9.17) is 4.42 Å². The number of nitrogens with zero attached hydrogens (tertiary/aromatic N) is 1. The van der Waals surface area contributed by atoms with Crippen molar-refractivity contribution in [1.82, 2.24) is 20.2 Å². The molecule has 0 radical (unpaired) electrons. The molecule has 9 rings (SSSR count). The first kappa shape index (κ1) is 28.1. The van der Waals surface area contributed by atoms with Crippen molar-refractivity contribution < 1.29 is 4.42 Å². The number of aromatic nitrogens is 2. The van der Waals surface area contributed by atoms with Gasteiger partial charge >= 0.3 is 0 Å². The molecule has 1 aliphatic heterocycles. The fourth-order valence-corrected chi connectivity index (χ4v) is 7.32. The molecule has 5 nitrogen and oxygen atoms in total. The quantitative estimate of drug-likeness (QED) is 0.155. The summed E-state index contributed by atoms with van der Waals surface area (Å²) in [6, 6.07) is 24.4. The van der Waals surface area contributed by atoms with Crippen molar-refractivity contribution in [3.05, 3.63) is 152 Å². The number of fused-ring (bicyclic) bond motifs is 9. The van der Waals surface area contributed by atoms with E-state index in [0.29, 0.717) is 0 Å². The topological polar surface area (TPSA) is 57.9 Å². The van der Waals surface area contributed by atoms with Crippen LogP contribution in [0, 0.1) is 0 Å². The van der Waals surface area contributed by atoms with Crippen LogP contribution in [0.3, 0.4) is 0 Å². The minimum atomic E-state index is -0.0618. The number of furan rings is 1. The van der Waals surface area contributed by atoms with Crippen LogP contribution in [0.1, 0.15) is 23.3 Å². The largest absolute Gasteiger partial charge is 0.460 e. The highest BCUT2D eigenvalue weighted by Crippen LogP contribution is 2.42. The molecule has 0 saturated heterocycles. The summed E-state index contributed by atoms with van der Waals surface area (Å²) >= 11 is 0. The van der Waals surface area contributed by atoms with Crippen LogP contribution >= 0.6 is 0 Å². The maximum Gasteiger partial charge on any atom is 0.146 e. The van der Waals surface area contributed by atoms with Crippen molar-refractivity contribution in [2.45, 2.75) is 19.0 Å². The number of aryl methyl sites for hydroxylation is 1. The van der Waals surface area contributed by atoms with Crippen LogP contribution in [-0.4, -0.2) is 15.7 Å². The molecule has 0 saturated carbocycles. The number of dihydropyridines is 1. The summed E-state index contributed by atoms with van der Waals surface area (Å²) in [5.74, 6) is 1.04. The first-order valence-electron chi connectivity index (χ1n) is 16.4. The van der Waals surface area contributed by atoms with E-state index in [1.807, 2.05) is 36.6 Å². The van der Waals surface area contributed by atoms with Crippen molar-refractivity contribution in [2.24, 2.45) is 0 Å². The Labute approximate surface area is 278 Å². The Morgan fingerprint density at radius 3 is 2.60 bits per heavy atom. The molecule has 0 bridgehead atoms. The van der Waals surface area contributed by atoms with E-state index >= 15 is 0 Å². The fraction of sp³-hybridized carbons (Fsp3) is 0.0698. The van der Waals surface area contributed by atoms with E-state index < -0.39 is 0 Å². The summed E-state index contributed by atoms with van der Waals surface area (Å²) < 4.78 is 8.86. The van der Waals surface area contributed by atoms with Gasteiger partial charge in [-0.3, -0.25) is 0 Å². The number of benzene rings is 4. The smallest absolute Gasteiger partial charge is 0.146 e. The summed E-state index contributed by atoms with van der Waals surface area (Å²) in [4.78, 5) is 3.75. The molecular weight excluding hydrogens is 589 g/mol. The summed E-state index contributed by atoms with van der Waals surface area (Å²) in [6.45, 7) is 8.30. The second-order valence-electron chi connectivity index (χ2n) is 12.4. The molecular formula is C43H34N4O. The second kappa shape index (κ2) is 11.2. The third kappa shape index (κ3) is 4.47. The van der Waals surface area contributed by atoms with E-state index in [1.165, 1.54) is 43.9 Å². The minimum Gasteiger partial charge on any atom is -0.460 e. The van der Waals surface area contributed by atoms with Crippen molar-refractivity contribution in [2.75, 3.05) is 0 Å². The molecule has 232 valence electrons. The summed E-state index contributed by atoms with van der Waals surface area (Å²) in [5.41, 5.74) is 10.6. The van der Waals surface area contributed by atoms with Gasteiger partial charge in [0.1, 0.15) is 17.5 Å². The first-order valence-corrected chi connectivity index (χ1v) is 16.4. The van der Waals surface area contributed by atoms with Gasteiger partial charge in [0.05, 0.1) is 22.1 Å². The standard InChI is InChI=1S/C43H34N4O/c1-3-4-5-12-23-47-37-15-8-6-13-30(37)33-25-29(19-21-38(33)47)28-18-20-36-32(24-28)34-26-35-31-14-7-9-16-39(31)48-43(35)41(42(34)46-36)27(2)45-40-17-10-11-22-44-40/h3-8,10-15,17-26,40,44-46H,1-2,9,16H2/b5-4-,23-12-. The number of hydrogen-bond acceptors (Lipinski definition) is 3. The lowest BCUT2D eigenvalue weighted by atomic mass is 9.97. The summed E-state index contributed by atoms with van der Waals surface area (Å²) in [6.07, 6.45) is 24.2. The molecule has 1 unspecified atom stereocenters. The Balaban J connectivity index is 1.21. The average molecular weight is 623 g/mol. The fourth-order valence-electron chi connectivity index (χ4n) is 7.32. The van der Waals surface area contributed by atoms with Crippen LogP contribution in [0.4, 0.5) is 0 Å². The predicted molar refractivity (Wildman–Crippen MR) is 203 cm³/mol. The lowest BCUT2D eigenvalue weighted by molar-refractivity contribution is 0.545. The van der Waals surface area contributed by atoms with Crippen LogP contribution in [0.25, 0.3) is 83.7 Å². The van der Waals surface area contributed by atoms with Crippen molar-refractivity contribution >= 4 is 72.6 Å². The number of rotatable bonds is 7. The number of hydrogen-bond donors (Lipinski definition) is 3. The van der Waals surface area contributed by atoms with Gasteiger partial charge in [-0.1, -0.05) is 79.9 Å². The molecule has 1 atom stereocenters. The number of para-hydroxylation sites is 1. The third-order valence-corrected chi connectivity index (χ3v) is 9.54. The molecule has 0 fully saturated rings. The molecule has 3 aromatic heterocycles. The molecule has 5 heteroatoms. The Morgan fingerprint density at radius 1 is 0.875 bits per heavy atom. The van der Waals surface area contributed by atoms with Gasteiger partial charge in [-0.15, -0.1) is 0 Å². The van der Waals surface area contributed by atoms with Crippen molar-refractivity contribution in [3.8, 4) is 11.1 Å². The highest BCUT2D eigenvalue weighted by atomic mass is 16.3. The van der Waals surface area contributed by atoms with Gasteiger partial charge in [-0.25, -0.2) is 0 Å². The van der Waals surface area contributed by atoms with Gasteiger partial charge < -0.3 is 24.6 Å². The normalized spacial score (nSPS) is 15.9. The molecule has 0 spiro atoms. The van der Waals surface area contributed by atoms with Crippen LogP contribution in [0.15, 0.2) is 139 Å². The van der Waals surface area contributed by atoms with E-state index in [0.717, 1.165) is 57.3 Å². The molecule has 3 N–H and O–H groups in total. The molecule has 2 aliphatic rings. The molecule has 48 heavy (non-hydrogen) atoms. The summed E-state index contributed by atoms with van der Waals surface area (Å²) in [7, 11) is 0. The van der Waals surface area contributed by atoms with Gasteiger partial charge in [-0.05, 0) is 78.4 Å². The van der Waals surface area contributed by atoms with E-state index in [9.17, 15) is 0 Å². The maximum absolute atomic E-state index is 6.60. The molecule has 1 aliphatic carbocycles. The number of nitrogens with one attached hydrogen (secondary N) is 3. The monoisotopic (exact) mass is 622 g/mol. The predicted octanol–water partition coefficient (Wildman–Crippen LogP) is 10.6. The molecule has 7 aromatic rings. The Hall–Kier alpha value is -6.20. The van der Waals surface area contributed by atoms with Gasteiger partial charge in [0, 0.05) is 56.3 Å². The first-order chi connectivity index (χ1) is 23.7. The lowest BCUT2D eigenvalue weighted by Crippen LogP contribution is -2.37. The lowest BCUT2D eigenvalue weighted by Gasteiger charge is -2.20. The van der Waals surface area contributed by atoms with Gasteiger partial charge in [0.15, 0.2) is 0 Å². The van der Waals surface area contributed by atoms with E-state index in [-0.39, 0.29) is 6.17 Å².